The molecule has 3 heteroatoms. The Bertz CT molecular complexity index is 808. The van der Waals surface area contributed by atoms with E-state index in [0.717, 1.165) is 12.2 Å². The summed E-state index contributed by atoms with van der Waals surface area (Å²) in [5, 5.41) is 0. The van der Waals surface area contributed by atoms with Gasteiger partial charge >= 0.3 is 0 Å². The van der Waals surface area contributed by atoms with Crippen LogP contribution in [0, 0.1) is 0 Å². The molecule has 1 aliphatic carbocycles. The van der Waals surface area contributed by atoms with Gasteiger partial charge < -0.3 is 9.47 Å². The maximum atomic E-state index is 12.0. The Balaban J connectivity index is 1.61. The van der Waals surface area contributed by atoms with Crippen LogP contribution in [0.2, 0.25) is 0 Å². The normalized spacial score (nSPS) is 23.8. The second kappa shape index (κ2) is 5.07. The first-order valence-electron chi connectivity index (χ1n) is 7.83. The Morgan fingerprint density at radius 3 is 2.78 bits per heavy atom. The number of fused-ring (bicyclic) bond motifs is 3. The van der Waals surface area contributed by atoms with Gasteiger partial charge in [0.05, 0.1) is 6.10 Å². The van der Waals surface area contributed by atoms with Crippen molar-refractivity contribution in [3.63, 3.8) is 0 Å². The highest BCUT2D eigenvalue weighted by atomic mass is 16.6. The van der Waals surface area contributed by atoms with Gasteiger partial charge in [0, 0.05) is 12.0 Å². The molecule has 23 heavy (non-hydrogen) atoms. The fourth-order valence-corrected chi connectivity index (χ4v) is 3.38. The lowest BCUT2D eigenvalue weighted by atomic mass is 10.0. The Hall–Kier alpha value is -2.39. The van der Waals surface area contributed by atoms with E-state index >= 15 is 0 Å². The monoisotopic (exact) mass is 306 g/mol. The molecule has 1 aliphatic heterocycles. The number of hydrogen-bond donors (Lipinski definition) is 0. The quantitative estimate of drug-likeness (QED) is 0.534. The van der Waals surface area contributed by atoms with E-state index in [0.29, 0.717) is 0 Å². The molecule has 0 saturated carbocycles. The summed E-state index contributed by atoms with van der Waals surface area (Å²) in [5.74, 6) is 0.721. The van der Waals surface area contributed by atoms with Crippen LogP contribution in [0.1, 0.15) is 18.1 Å². The Labute approximate surface area is 135 Å². The predicted octanol–water partition coefficient (Wildman–Crippen LogP) is 3.55. The molecule has 2 aromatic carbocycles. The number of carbonyl (C=O) groups excluding carboxylic acids is 1. The van der Waals surface area contributed by atoms with Gasteiger partial charge in [-0.25, -0.2) is 0 Å². The van der Waals surface area contributed by atoms with E-state index in [-0.39, 0.29) is 18.5 Å². The number of ether oxygens (including phenoxy) is 2. The standard InChI is InChI=1S/C20H18O3/c1-3-19(21)20(13(2)23-20)12-22-18-10-6-9-16-15-8-5-4-7-14(15)11-17(16)18/h3-10,13H,1,11-12H2,2H3. The molecule has 0 N–H and O–H groups in total. The van der Waals surface area contributed by atoms with E-state index in [4.69, 9.17) is 9.47 Å². The van der Waals surface area contributed by atoms with E-state index < -0.39 is 5.60 Å². The molecule has 0 aromatic heterocycles. The van der Waals surface area contributed by atoms with Gasteiger partial charge in [-0.05, 0) is 35.8 Å². The first-order chi connectivity index (χ1) is 11.2. The van der Waals surface area contributed by atoms with Crippen LogP contribution < -0.4 is 4.74 Å². The smallest absolute Gasteiger partial charge is 0.193 e. The van der Waals surface area contributed by atoms with E-state index in [1.54, 1.807) is 0 Å². The van der Waals surface area contributed by atoms with Gasteiger partial charge in [-0.15, -0.1) is 0 Å². The summed E-state index contributed by atoms with van der Waals surface area (Å²) >= 11 is 0. The molecule has 0 amide bonds. The summed E-state index contributed by atoms with van der Waals surface area (Å²) in [6.45, 7) is 5.67. The SMILES string of the molecule is C=CC(=O)C1(COc2cccc3c2Cc2ccccc2-3)OC1C. The third kappa shape index (κ3) is 2.12. The van der Waals surface area contributed by atoms with Gasteiger partial charge in [-0.1, -0.05) is 43.0 Å². The van der Waals surface area contributed by atoms with E-state index in [1.807, 2.05) is 19.1 Å². The first kappa shape index (κ1) is 14.2. The van der Waals surface area contributed by atoms with Crippen LogP contribution in [0.15, 0.2) is 55.1 Å². The second-order valence-electron chi connectivity index (χ2n) is 6.12. The molecule has 2 aromatic rings. The Morgan fingerprint density at radius 1 is 1.30 bits per heavy atom. The molecular formula is C20H18O3. The van der Waals surface area contributed by atoms with Crippen LogP contribution in [0.4, 0.5) is 0 Å². The molecule has 4 rings (SSSR count). The Morgan fingerprint density at radius 2 is 2.04 bits per heavy atom. The molecule has 116 valence electrons. The Kier molecular flexibility index (Phi) is 3.13. The third-order valence-corrected chi connectivity index (χ3v) is 4.84. The summed E-state index contributed by atoms with van der Waals surface area (Å²) in [5.41, 5.74) is 4.12. The number of epoxide rings is 1. The largest absolute Gasteiger partial charge is 0.490 e. The van der Waals surface area contributed by atoms with Crippen molar-refractivity contribution < 1.29 is 14.3 Å². The van der Waals surface area contributed by atoms with Gasteiger partial charge in [0.25, 0.3) is 0 Å². The van der Waals surface area contributed by atoms with Crippen molar-refractivity contribution >= 4 is 5.78 Å². The van der Waals surface area contributed by atoms with E-state index in [2.05, 4.69) is 36.9 Å². The summed E-state index contributed by atoms with van der Waals surface area (Å²) < 4.78 is 11.5. The number of hydrogen-bond acceptors (Lipinski definition) is 3. The highest BCUT2D eigenvalue weighted by Crippen LogP contribution is 2.43. The van der Waals surface area contributed by atoms with Crippen molar-refractivity contribution in [2.75, 3.05) is 6.61 Å². The minimum absolute atomic E-state index is 0.110. The molecule has 2 aliphatic rings. The van der Waals surface area contributed by atoms with Crippen LogP contribution in [-0.2, 0) is 16.0 Å². The maximum absolute atomic E-state index is 12.0. The number of rotatable bonds is 5. The molecule has 2 unspecified atom stereocenters. The average molecular weight is 306 g/mol. The van der Waals surface area contributed by atoms with Crippen LogP contribution in [0.5, 0.6) is 5.75 Å². The lowest BCUT2D eigenvalue weighted by molar-refractivity contribution is -0.120. The molecule has 1 saturated heterocycles. The molecule has 0 spiro atoms. The minimum Gasteiger partial charge on any atom is -0.490 e. The molecule has 1 heterocycles. The molecule has 0 bridgehead atoms. The number of carbonyl (C=O) groups is 1. The van der Waals surface area contributed by atoms with Gasteiger partial charge in [0.1, 0.15) is 12.4 Å². The fraction of sp³-hybridized carbons (Fsp3) is 0.250. The number of benzene rings is 2. The van der Waals surface area contributed by atoms with Gasteiger partial charge in [-0.3, -0.25) is 4.79 Å². The minimum atomic E-state index is -0.851. The van der Waals surface area contributed by atoms with Crippen molar-refractivity contribution in [1.29, 1.82) is 0 Å². The first-order valence-corrected chi connectivity index (χ1v) is 7.83. The van der Waals surface area contributed by atoms with Gasteiger partial charge in [0.15, 0.2) is 11.4 Å². The highest BCUT2D eigenvalue weighted by Gasteiger charge is 2.59. The van der Waals surface area contributed by atoms with Crippen molar-refractivity contribution in [3.05, 3.63) is 66.2 Å². The van der Waals surface area contributed by atoms with Crippen molar-refractivity contribution in [2.45, 2.75) is 25.0 Å². The zero-order chi connectivity index (χ0) is 16.0. The summed E-state index contributed by atoms with van der Waals surface area (Å²) in [7, 11) is 0. The molecule has 3 nitrogen and oxygen atoms in total. The topological polar surface area (TPSA) is 38.8 Å². The number of ketones is 1. The van der Waals surface area contributed by atoms with Gasteiger partial charge in [0.2, 0.25) is 0 Å². The van der Waals surface area contributed by atoms with Crippen LogP contribution in [0.25, 0.3) is 11.1 Å². The molecular weight excluding hydrogens is 288 g/mol. The average Bonchev–Trinajstić information content (AvgIpc) is 3.09. The molecule has 0 radical (unpaired) electrons. The third-order valence-electron chi connectivity index (χ3n) is 4.84. The zero-order valence-electron chi connectivity index (χ0n) is 13.0. The zero-order valence-corrected chi connectivity index (χ0v) is 13.0. The summed E-state index contributed by atoms with van der Waals surface area (Å²) in [6, 6.07) is 14.5. The van der Waals surface area contributed by atoms with Crippen LogP contribution in [-0.4, -0.2) is 24.1 Å². The van der Waals surface area contributed by atoms with Crippen LogP contribution >= 0.6 is 0 Å². The lowest BCUT2D eigenvalue weighted by Crippen LogP contribution is -2.32. The van der Waals surface area contributed by atoms with Gasteiger partial charge in [-0.2, -0.15) is 0 Å². The highest BCUT2D eigenvalue weighted by molar-refractivity contribution is 5.99. The van der Waals surface area contributed by atoms with E-state index in [9.17, 15) is 4.79 Å². The lowest BCUT2D eigenvalue weighted by Gasteiger charge is -2.14. The maximum Gasteiger partial charge on any atom is 0.193 e. The van der Waals surface area contributed by atoms with Crippen molar-refractivity contribution in [3.8, 4) is 16.9 Å². The predicted molar refractivity (Wildman–Crippen MR) is 88.7 cm³/mol. The fourth-order valence-electron chi connectivity index (χ4n) is 3.38. The van der Waals surface area contributed by atoms with Crippen molar-refractivity contribution in [1.82, 2.24) is 0 Å². The van der Waals surface area contributed by atoms with Crippen molar-refractivity contribution in [2.24, 2.45) is 0 Å². The summed E-state index contributed by atoms with van der Waals surface area (Å²) in [6.07, 6.45) is 2.06. The second-order valence-corrected chi connectivity index (χ2v) is 6.12. The molecule has 2 atom stereocenters. The molecule has 1 fully saturated rings. The summed E-state index contributed by atoms with van der Waals surface area (Å²) in [4.78, 5) is 12.0. The van der Waals surface area contributed by atoms with Crippen LogP contribution in [0.3, 0.4) is 0 Å². The van der Waals surface area contributed by atoms with E-state index in [1.165, 1.54) is 28.3 Å².